The first-order valence-electron chi connectivity index (χ1n) is 18.0. The first-order valence-corrected chi connectivity index (χ1v) is 18.0. The molecule has 0 aromatic heterocycles. The number of hydrogen-bond donors (Lipinski definition) is 0. The summed E-state index contributed by atoms with van der Waals surface area (Å²) in [5.74, 6) is 0. The van der Waals surface area contributed by atoms with Crippen LogP contribution in [0.1, 0.15) is 22.3 Å². The van der Waals surface area contributed by atoms with E-state index in [2.05, 4.69) is 184 Å². The Labute approximate surface area is 299 Å². The van der Waals surface area contributed by atoms with Crippen molar-refractivity contribution >= 4 is 32.3 Å². The summed E-state index contributed by atoms with van der Waals surface area (Å²) in [6.07, 6.45) is 0.938. The topological polar surface area (TPSA) is 0 Å². The number of fused-ring (bicyclic) bond motifs is 6. The highest BCUT2D eigenvalue weighted by molar-refractivity contribution is 6.22. The fraction of sp³-hybridized carbons (Fsp3) is 0.0588. The predicted molar refractivity (Wildman–Crippen MR) is 218 cm³/mol. The molecule has 0 saturated carbocycles. The molecule has 0 spiro atoms. The van der Waals surface area contributed by atoms with Crippen molar-refractivity contribution < 1.29 is 0 Å². The second kappa shape index (κ2) is 11.7. The van der Waals surface area contributed by atoms with E-state index in [1.165, 1.54) is 110 Å². The van der Waals surface area contributed by atoms with E-state index in [-0.39, 0.29) is 0 Å². The Hall–Kier alpha value is -6.24. The molecule has 51 heavy (non-hydrogen) atoms. The summed E-state index contributed by atoms with van der Waals surface area (Å²) in [4.78, 5) is 0. The molecule has 0 nitrogen and oxygen atoms in total. The Bertz CT molecular complexity index is 2790. The molecule has 240 valence electrons. The maximum atomic E-state index is 2.47. The Balaban J connectivity index is 1.27. The van der Waals surface area contributed by atoms with Crippen molar-refractivity contribution in [2.45, 2.75) is 20.3 Å². The lowest BCUT2D eigenvalue weighted by Crippen LogP contribution is -1.99. The van der Waals surface area contributed by atoms with Crippen molar-refractivity contribution in [1.82, 2.24) is 0 Å². The molecule has 0 heterocycles. The zero-order chi connectivity index (χ0) is 34.1. The molecule has 0 saturated heterocycles. The fourth-order valence-corrected chi connectivity index (χ4v) is 8.81. The zero-order valence-electron chi connectivity index (χ0n) is 28.9. The van der Waals surface area contributed by atoms with Gasteiger partial charge >= 0.3 is 0 Å². The van der Waals surface area contributed by atoms with Gasteiger partial charge in [0, 0.05) is 0 Å². The number of benzene rings is 9. The van der Waals surface area contributed by atoms with E-state index in [0.29, 0.717) is 0 Å². The highest BCUT2D eigenvalue weighted by atomic mass is 14.3. The summed E-state index contributed by atoms with van der Waals surface area (Å²) in [6, 6.07) is 63.1. The summed E-state index contributed by atoms with van der Waals surface area (Å²) >= 11 is 0. The van der Waals surface area contributed by atoms with Crippen LogP contribution in [0.25, 0.3) is 88.0 Å². The van der Waals surface area contributed by atoms with E-state index < -0.39 is 0 Å². The molecule has 0 amide bonds. The van der Waals surface area contributed by atoms with Crippen LogP contribution in [0.3, 0.4) is 0 Å². The van der Waals surface area contributed by atoms with Gasteiger partial charge in [-0.3, -0.25) is 0 Å². The normalized spacial score (nSPS) is 12.0. The van der Waals surface area contributed by atoms with Crippen LogP contribution < -0.4 is 0 Å². The Kier molecular flexibility index (Phi) is 6.79. The van der Waals surface area contributed by atoms with Gasteiger partial charge in [0.15, 0.2) is 0 Å². The summed E-state index contributed by atoms with van der Waals surface area (Å²) in [7, 11) is 0. The number of hydrogen-bond acceptors (Lipinski definition) is 0. The van der Waals surface area contributed by atoms with Crippen molar-refractivity contribution in [3.8, 4) is 55.6 Å². The van der Waals surface area contributed by atoms with E-state index in [4.69, 9.17) is 0 Å². The van der Waals surface area contributed by atoms with Gasteiger partial charge in [-0.25, -0.2) is 0 Å². The first-order chi connectivity index (χ1) is 25.1. The van der Waals surface area contributed by atoms with Crippen molar-refractivity contribution in [1.29, 1.82) is 0 Å². The van der Waals surface area contributed by atoms with E-state index in [0.717, 1.165) is 6.42 Å². The lowest BCUT2D eigenvalue weighted by atomic mass is 9.80. The van der Waals surface area contributed by atoms with Crippen LogP contribution in [0, 0.1) is 13.8 Å². The molecular formula is C51H36. The van der Waals surface area contributed by atoms with Crippen LogP contribution in [0.5, 0.6) is 0 Å². The molecule has 0 N–H and O–H groups in total. The standard InChI is InChI=1S/C51H36/c1-32-14-3-7-20-40(32)46-31-47-41-21-8-6-17-38(41)30-48(47)49(33(46)2)51-44-24-11-9-22-42(44)50(43-23-10-12-25-45(43)51)39-19-13-18-36(29-39)37-27-26-34-15-4-5-16-35(34)28-37/h3-29,31H,30H2,1-2H3. The van der Waals surface area contributed by atoms with Crippen molar-refractivity contribution in [2.75, 3.05) is 0 Å². The third-order valence-electron chi connectivity index (χ3n) is 11.2. The van der Waals surface area contributed by atoms with Crippen LogP contribution in [0.15, 0.2) is 170 Å². The van der Waals surface area contributed by atoms with Gasteiger partial charge in [0.1, 0.15) is 0 Å². The lowest BCUT2D eigenvalue weighted by Gasteiger charge is -2.23. The van der Waals surface area contributed by atoms with Crippen molar-refractivity contribution in [3.05, 3.63) is 192 Å². The van der Waals surface area contributed by atoms with Crippen LogP contribution in [-0.2, 0) is 6.42 Å². The quantitative estimate of drug-likeness (QED) is 0.167. The van der Waals surface area contributed by atoms with Crippen molar-refractivity contribution in [2.24, 2.45) is 0 Å². The molecule has 1 aliphatic carbocycles. The monoisotopic (exact) mass is 648 g/mol. The van der Waals surface area contributed by atoms with Gasteiger partial charge in [-0.05, 0) is 149 Å². The third kappa shape index (κ3) is 4.68. The van der Waals surface area contributed by atoms with E-state index in [1.807, 2.05) is 0 Å². The van der Waals surface area contributed by atoms with Crippen molar-refractivity contribution in [3.63, 3.8) is 0 Å². The third-order valence-corrected chi connectivity index (χ3v) is 11.2. The molecule has 0 aliphatic heterocycles. The molecule has 9 aromatic rings. The molecular weight excluding hydrogens is 613 g/mol. The molecule has 9 aromatic carbocycles. The summed E-state index contributed by atoms with van der Waals surface area (Å²) < 4.78 is 0. The fourth-order valence-electron chi connectivity index (χ4n) is 8.81. The van der Waals surface area contributed by atoms with Gasteiger partial charge in [-0.15, -0.1) is 0 Å². The summed E-state index contributed by atoms with van der Waals surface area (Å²) in [5.41, 5.74) is 18.6. The molecule has 0 heteroatoms. The minimum atomic E-state index is 0.938. The molecule has 0 radical (unpaired) electrons. The highest BCUT2D eigenvalue weighted by Gasteiger charge is 2.28. The Morgan fingerprint density at radius 2 is 0.941 bits per heavy atom. The maximum Gasteiger partial charge on any atom is -0.000717 e. The first kappa shape index (κ1) is 29.7. The minimum Gasteiger partial charge on any atom is -0.0620 e. The second-order valence-corrected chi connectivity index (χ2v) is 14.1. The second-order valence-electron chi connectivity index (χ2n) is 14.1. The average Bonchev–Trinajstić information content (AvgIpc) is 3.55. The summed E-state index contributed by atoms with van der Waals surface area (Å²) in [6.45, 7) is 4.59. The van der Waals surface area contributed by atoms with Gasteiger partial charge in [-0.2, -0.15) is 0 Å². The van der Waals surface area contributed by atoms with Crippen LogP contribution in [-0.4, -0.2) is 0 Å². The van der Waals surface area contributed by atoms with Crippen LogP contribution in [0.2, 0.25) is 0 Å². The minimum absolute atomic E-state index is 0.938. The van der Waals surface area contributed by atoms with Gasteiger partial charge in [0.25, 0.3) is 0 Å². The molecule has 10 rings (SSSR count). The Morgan fingerprint density at radius 3 is 1.69 bits per heavy atom. The van der Waals surface area contributed by atoms with E-state index in [1.54, 1.807) is 0 Å². The Morgan fingerprint density at radius 1 is 0.353 bits per heavy atom. The molecule has 0 fully saturated rings. The smallest absolute Gasteiger partial charge is 0.000717 e. The molecule has 0 bridgehead atoms. The number of aryl methyl sites for hydroxylation is 1. The maximum absolute atomic E-state index is 2.47. The van der Waals surface area contributed by atoms with Gasteiger partial charge in [0.05, 0.1) is 0 Å². The average molecular weight is 649 g/mol. The van der Waals surface area contributed by atoms with Gasteiger partial charge in [0.2, 0.25) is 0 Å². The predicted octanol–water partition coefficient (Wildman–Crippen LogP) is 14.0. The van der Waals surface area contributed by atoms with E-state index >= 15 is 0 Å². The largest absolute Gasteiger partial charge is 0.0620 e. The highest BCUT2D eigenvalue weighted by Crippen LogP contribution is 2.51. The SMILES string of the molecule is Cc1ccccc1-c1cc2c(c(-c3c4ccccc4c(-c4cccc(-c5ccc6ccccc6c5)c4)c4ccccc34)c1C)Cc1ccccc1-2. The zero-order valence-corrected chi connectivity index (χ0v) is 28.9. The van der Waals surface area contributed by atoms with Crippen LogP contribution >= 0.6 is 0 Å². The van der Waals surface area contributed by atoms with Gasteiger partial charge < -0.3 is 0 Å². The summed E-state index contributed by atoms with van der Waals surface area (Å²) in [5, 5.41) is 7.69. The van der Waals surface area contributed by atoms with E-state index in [9.17, 15) is 0 Å². The van der Waals surface area contributed by atoms with Crippen LogP contribution in [0.4, 0.5) is 0 Å². The molecule has 1 aliphatic rings. The lowest BCUT2D eigenvalue weighted by molar-refractivity contribution is 1.25. The number of rotatable bonds is 4. The van der Waals surface area contributed by atoms with Gasteiger partial charge in [-0.1, -0.05) is 152 Å². The molecule has 0 unspecified atom stereocenters. The molecule has 0 atom stereocenters.